The topological polar surface area (TPSA) is 82.4 Å². The first-order chi connectivity index (χ1) is 10.9. The molecule has 23 heavy (non-hydrogen) atoms. The minimum Gasteiger partial charge on any atom is -0.462 e. The lowest BCUT2D eigenvalue weighted by Crippen LogP contribution is -2.36. The summed E-state index contributed by atoms with van der Waals surface area (Å²) in [6, 6.07) is 3.37. The third kappa shape index (κ3) is 3.30. The highest BCUT2D eigenvalue weighted by Crippen LogP contribution is 2.26. The second-order valence-electron chi connectivity index (χ2n) is 5.32. The third-order valence-corrected chi connectivity index (χ3v) is 3.67. The van der Waals surface area contributed by atoms with Crippen LogP contribution in [0.5, 0.6) is 0 Å². The van der Waals surface area contributed by atoms with Crippen molar-refractivity contribution in [1.29, 1.82) is 0 Å². The summed E-state index contributed by atoms with van der Waals surface area (Å²) in [7, 11) is 0. The fourth-order valence-corrected chi connectivity index (χ4v) is 2.56. The molecular formula is C14H14F3N3O3. The number of nitrogens with zero attached hydrogens (tertiary/aromatic N) is 2. The maximum absolute atomic E-state index is 12.7. The number of H-pyrrole nitrogens is 1. The van der Waals surface area contributed by atoms with Crippen LogP contribution in [0.25, 0.3) is 0 Å². The van der Waals surface area contributed by atoms with Crippen molar-refractivity contribution >= 4 is 0 Å². The number of alkyl halides is 3. The van der Waals surface area contributed by atoms with E-state index in [0.717, 1.165) is 0 Å². The van der Waals surface area contributed by atoms with Crippen molar-refractivity contribution in [3.8, 4) is 0 Å². The smallest absolute Gasteiger partial charge is 0.449 e. The average Bonchev–Trinajstić information content (AvgIpc) is 2.94. The molecule has 0 spiro atoms. The van der Waals surface area contributed by atoms with Crippen molar-refractivity contribution in [2.24, 2.45) is 0 Å². The number of hydrogen-bond donors (Lipinski definition) is 2. The number of aromatic amines is 1. The first-order valence-corrected chi connectivity index (χ1v) is 6.97. The van der Waals surface area contributed by atoms with E-state index in [0.29, 0.717) is 24.6 Å². The number of aromatic nitrogens is 2. The number of rotatable bonds is 3. The molecule has 0 saturated carbocycles. The molecule has 3 heterocycles. The van der Waals surface area contributed by atoms with Crippen LogP contribution in [0, 0.1) is 0 Å². The second-order valence-corrected chi connectivity index (χ2v) is 5.32. The number of hydrogen-bond acceptors (Lipinski definition) is 5. The van der Waals surface area contributed by atoms with Crippen molar-refractivity contribution in [2.45, 2.75) is 32.3 Å². The van der Waals surface area contributed by atoms with E-state index in [4.69, 9.17) is 9.52 Å². The van der Waals surface area contributed by atoms with Crippen molar-refractivity contribution in [2.75, 3.05) is 6.54 Å². The summed E-state index contributed by atoms with van der Waals surface area (Å²) in [4.78, 5) is 19.1. The highest BCUT2D eigenvalue weighted by atomic mass is 19.4. The number of aliphatic hydroxyl groups is 1. The Morgan fingerprint density at radius 1 is 1.35 bits per heavy atom. The van der Waals surface area contributed by atoms with Crippen molar-refractivity contribution in [1.82, 2.24) is 14.9 Å². The van der Waals surface area contributed by atoms with Gasteiger partial charge in [-0.1, -0.05) is 0 Å². The zero-order valence-corrected chi connectivity index (χ0v) is 12.0. The fraction of sp³-hybridized carbons (Fsp3) is 0.429. The average molecular weight is 329 g/mol. The summed E-state index contributed by atoms with van der Waals surface area (Å²) in [5.74, 6) is -0.200. The summed E-state index contributed by atoms with van der Waals surface area (Å²) in [5.41, 5.74) is -0.325. The van der Waals surface area contributed by atoms with E-state index in [2.05, 4.69) is 4.98 Å². The molecule has 0 saturated heterocycles. The van der Waals surface area contributed by atoms with Gasteiger partial charge in [-0.15, -0.1) is 0 Å². The first-order valence-electron chi connectivity index (χ1n) is 6.97. The minimum atomic E-state index is -4.67. The van der Waals surface area contributed by atoms with E-state index >= 15 is 0 Å². The van der Waals surface area contributed by atoms with Crippen LogP contribution < -0.4 is 5.56 Å². The van der Waals surface area contributed by atoms with E-state index in [-0.39, 0.29) is 30.8 Å². The Morgan fingerprint density at radius 2 is 2.09 bits per heavy atom. The van der Waals surface area contributed by atoms with Gasteiger partial charge in [0, 0.05) is 19.5 Å². The molecule has 6 nitrogen and oxygen atoms in total. The van der Waals surface area contributed by atoms with E-state index in [1.54, 1.807) is 17.1 Å². The van der Waals surface area contributed by atoms with E-state index in [9.17, 15) is 18.0 Å². The zero-order chi connectivity index (χ0) is 16.6. The summed E-state index contributed by atoms with van der Waals surface area (Å²) in [6.45, 7) is 0.868. The number of furan rings is 1. The van der Waals surface area contributed by atoms with E-state index in [1.165, 1.54) is 0 Å². The Hall–Kier alpha value is -2.13. The summed E-state index contributed by atoms with van der Waals surface area (Å²) >= 11 is 0. The van der Waals surface area contributed by atoms with Gasteiger partial charge in [0.05, 0.1) is 17.8 Å². The van der Waals surface area contributed by atoms with Crippen LogP contribution in [0.3, 0.4) is 0 Å². The molecule has 2 N–H and O–H groups in total. The standard InChI is InChI=1S/C14H14F3N3O3/c15-14(16,17)13-18-11-3-4-20(6-10(11)12(22)19-13)5-8-1-2-9(7-21)23-8/h1-2,21H,3-7H2,(H,18,19,22). The van der Waals surface area contributed by atoms with Crippen LogP contribution in [0.1, 0.15) is 28.6 Å². The molecule has 0 unspecified atom stereocenters. The van der Waals surface area contributed by atoms with Crippen LogP contribution in [0.4, 0.5) is 13.2 Å². The van der Waals surface area contributed by atoms with Crippen LogP contribution in [-0.4, -0.2) is 26.5 Å². The second kappa shape index (κ2) is 5.82. The molecule has 0 atom stereocenters. The molecule has 3 rings (SSSR count). The quantitative estimate of drug-likeness (QED) is 0.890. The van der Waals surface area contributed by atoms with Crippen molar-refractivity contribution in [3.05, 3.63) is 51.1 Å². The van der Waals surface area contributed by atoms with Gasteiger partial charge in [-0.25, -0.2) is 4.98 Å². The van der Waals surface area contributed by atoms with Crippen LogP contribution in [-0.2, 0) is 32.3 Å². The number of fused-ring (bicyclic) bond motifs is 1. The number of aliphatic hydroxyl groups excluding tert-OH is 1. The minimum absolute atomic E-state index is 0.188. The zero-order valence-electron chi connectivity index (χ0n) is 12.0. The third-order valence-electron chi connectivity index (χ3n) is 3.67. The summed E-state index contributed by atoms with van der Waals surface area (Å²) in [6.07, 6.45) is -4.41. The van der Waals surface area contributed by atoms with Crippen LogP contribution in [0.15, 0.2) is 21.3 Å². The van der Waals surface area contributed by atoms with E-state index < -0.39 is 17.6 Å². The molecule has 9 heteroatoms. The molecule has 0 bridgehead atoms. The maximum Gasteiger partial charge on any atom is 0.449 e. The first kappa shape index (κ1) is 15.8. The SMILES string of the molecule is O=c1[nH]c(C(F)(F)F)nc2c1CN(Cc1ccc(CO)o1)CC2. The summed E-state index contributed by atoms with van der Waals surface area (Å²) in [5, 5.41) is 8.96. The largest absolute Gasteiger partial charge is 0.462 e. The van der Waals surface area contributed by atoms with Gasteiger partial charge in [-0.2, -0.15) is 13.2 Å². The molecule has 0 radical (unpaired) electrons. The number of halogens is 3. The maximum atomic E-state index is 12.7. The van der Waals surface area contributed by atoms with Crippen LogP contribution >= 0.6 is 0 Å². The molecule has 2 aromatic rings. The lowest BCUT2D eigenvalue weighted by Gasteiger charge is -2.27. The Labute approximate surface area is 128 Å². The van der Waals surface area contributed by atoms with Gasteiger partial charge in [0.2, 0.25) is 5.82 Å². The van der Waals surface area contributed by atoms with E-state index in [1.807, 2.05) is 4.90 Å². The van der Waals surface area contributed by atoms with Gasteiger partial charge in [0.1, 0.15) is 18.1 Å². The predicted octanol–water partition coefficient (Wildman–Crippen LogP) is 1.43. The van der Waals surface area contributed by atoms with Crippen molar-refractivity contribution < 1.29 is 22.7 Å². The van der Waals surface area contributed by atoms with Gasteiger partial charge in [0.25, 0.3) is 5.56 Å². The molecular weight excluding hydrogens is 315 g/mol. The summed E-state index contributed by atoms with van der Waals surface area (Å²) < 4.78 is 43.4. The fourth-order valence-electron chi connectivity index (χ4n) is 2.56. The molecule has 1 aliphatic rings. The highest BCUT2D eigenvalue weighted by Gasteiger charge is 2.35. The van der Waals surface area contributed by atoms with Gasteiger partial charge in [0.15, 0.2) is 0 Å². The van der Waals surface area contributed by atoms with Gasteiger partial charge >= 0.3 is 6.18 Å². The van der Waals surface area contributed by atoms with Crippen LogP contribution in [0.2, 0.25) is 0 Å². The Balaban J connectivity index is 1.79. The molecule has 0 amide bonds. The van der Waals surface area contributed by atoms with Gasteiger partial charge < -0.3 is 14.5 Å². The molecule has 1 aliphatic heterocycles. The van der Waals surface area contributed by atoms with Gasteiger partial charge in [-0.3, -0.25) is 9.69 Å². The normalized spacial score (nSPS) is 15.7. The molecule has 124 valence electrons. The number of nitrogens with one attached hydrogen (secondary N) is 1. The highest BCUT2D eigenvalue weighted by molar-refractivity contribution is 5.21. The Morgan fingerprint density at radius 3 is 2.74 bits per heavy atom. The molecule has 2 aromatic heterocycles. The lowest BCUT2D eigenvalue weighted by atomic mass is 10.1. The molecule has 0 aromatic carbocycles. The molecule has 0 aliphatic carbocycles. The predicted molar refractivity (Wildman–Crippen MR) is 72.3 cm³/mol. The monoisotopic (exact) mass is 329 g/mol. The molecule has 0 fully saturated rings. The van der Waals surface area contributed by atoms with Crippen molar-refractivity contribution in [3.63, 3.8) is 0 Å². The Kier molecular flexibility index (Phi) is 3.99. The Bertz CT molecular complexity index is 767. The van der Waals surface area contributed by atoms with Gasteiger partial charge in [-0.05, 0) is 12.1 Å². The lowest BCUT2D eigenvalue weighted by molar-refractivity contribution is -0.145.